The second-order valence-electron chi connectivity index (χ2n) is 8.31. The zero-order valence-electron chi connectivity index (χ0n) is 21.7. The van der Waals surface area contributed by atoms with Crippen molar-refractivity contribution in [2.24, 2.45) is 0 Å². The minimum absolute atomic E-state index is 0.127. The molecule has 1 N–H and O–H groups in total. The molecule has 0 bridgehead atoms. The smallest absolute Gasteiger partial charge is 0.353 e. The van der Waals surface area contributed by atoms with Gasteiger partial charge >= 0.3 is 11.9 Å². The van der Waals surface area contributed by atoms with Gasteiger partial charge in [-0.15, -0.1) is 0 Å². The van der Waals surface area contributed by atoms with E-state index in [-0.39, 0.29) is 36.0 Å². The van der Waals surface area contributed by atoms with E-state index in [1.807, 2.05) is 48.0 Å². The van der Waals surface area contributed by atoms with E-state index in [0.717, 1.165) is 16.7 Å². The van der Waals surface area contributed by atoms with E-state index in [2.05, 4.69) is 16.6 Å². The highest BCUT2D eigenvalue weighted by atomic mass is 32.1. The lowest BCUT2D eigenvalue weighted by molar-refractivity contribution is -0.143. The van der Waals surface area contributed by atoms with Crippen molar-refractivity contribution < 1.29 is 33.3 Å². The molecular weight excluding hydrogens is 506 g/mol. The summed E-state index contributed by atoms with van der Waals surface area (Å²) in [6.45, 7) is 7.89. The van der Waals surface area contributed by atoms with Crippen LogP contribution in [0.2, 0.25) is 0 Å². The maximum absolute atomic E-state index is 13.1. The number of hydrogen-bond acceptors (Lipinski definition) is 8. The largest absolute Gasteiger partial charge is 0.489 e. The molecule has 200 valence electrons. The van der Waals surface area contributed by atoms with Crippen LogP contribution in [0.4, 0.5) is 0 Å². The van der Waals surface area contributed by atoms with Crippen molar-refractivity contribution in [3.63, 3.8) is 0 Å². The predicted octanol–water partition coefficient (Wildman–Crippen LogP) is 5.52. The second-order valence-corrected chi connectivity index (χ2v) is 9.09. The predicted molar refractivity (Wildman–Crippen MR) is 144 cm³/mol. The van der Waals surface area contributed by atoms with Crippen molar-refractivity contribution in [2.45, 2.75) is 39.4 Å². The van der Waals surface area contributed by atoms with Gasteiger partial charge in [0, 0.05) is 12.5 Å². The Labute approximate surface area is 226 Å². The van der Waals surface area contributed by atoms with Gasteiger partial charge in [0.25, 0.3) is 5.91 Å². The van der Waals surface area contributed by atoms with E-state index in [0.29, 0.717) is 18.8 Å². The molecule has 1 amide bonds. The highest BCUT2D eigenvalue weighted by Crippen LogP contribution is 2.33. The van der Waals surface area contributed by atoms with Crippen LogP contribution in [0.25, 0.3) is 0 Å². The van der Waals surface area contributed by atoms with E-state index in [4.69, 9.17) is 14.2 Å². The molecular formula is C29H31NO7S. The highest BCUT2D eigenvalue weighted by molar-refractivity contribution is 7.07. The lowest BCUT2D eigenvalue weighted by atomic mass is 9.99. The summed E-state index contributed by atoms with van der Waals surface area (Å²) in [6.07, 6.45) is -0.121. The van der Waals surface area contributed by atoms with E-state index in [9.17, 15) is 14.4 Å². The molecule has 0 aliphatic heterocycles. The molecule has 38 heavy (non-hydrogen) atoms. The van der Waals surface area contributed by atoms with Crippen LogP contribution in [0.15, 0.2) is 71.6 Å². The van der Waals surface area contributed by atoms with Crippen LogP contribution >= 0.6 is 11.3 Å². The third-order valence-electron chi connectivity index (χ3n) is 5.60. The van der Waals surface area contributed by atoms with Crippen LogP contribution in [-0.2, 0) is 25.7 Å². The molecule has 3 aromatic rings. The Morgan fingerprint density at radius 2 is 1.89 bits per heavy atom. The molecule has 0 aliphatic carbocycles. The van der Waals surface area contributed by atoms with Gasteiger partial charge in [0.1, 0.15) is 29.9 Å². The van der Waals surface area contributed by atoms with E-state index in [1.54, 1.807) is 36.5 Å². The van der Waals surface area contributed by atoms with Crippen LogP contribution in [-0.4, -0.2) is 31.6 Å². The molecule has 1 atom stereocenters. The summed E-state index contributed by atoms with van der Waals surface area (Å²) in [5.41, 5.74) is 2.80. The Bertz CT molecular complexity index is 1270. The molecule has 9 heteroatoms. The summed E-state index contributed by atoms with van der Waals surface area (Å²) < 4.78 is 22.1. The van der Waals surface area contributed by atoms with Crippen LogP contribution in [0.1, 0.15) is 52.9 Å². The van der Waals surface area contributed by atoms with Crippen LogP contribution in [0.5, 0.6) is 11.5 Å². The number of esters is 2. The molecule has 2 aromatic carbocycles. The third kappa shape index (κ3) is 7.94. The number of amides is 1. The summed E-state index contributed by atoms with van der Waals surface area (Å²) in [6, 6.07) is 14.5. The Morgan fingerprint density at radius 1 is 1.11 bits per heavy atom. The first-order valence-corrected chi connectivity index (χ1v) is 13.0. The average molecular weight is 538 g/mol. The fourth-order valence-electron chi connectivity index (χ4n) is 3.66. The molecule has 0 fully saturated rings. The third-order valence-corrected chi connectivity index (χ3v) is 6.33. The number of ether oxygens (including phenoxy) is 4. The Hall–Kier alpha value is -4.11. The van der Waals surface area contributed by atoms with Gasteiger partial charge in [-0.3, -0.25) is 9.59 Å². The minimum atomic E-state index is -0.760. The number of aryl methyl sites for hydroxylation is 1. The molecule has 3 rings (SSSR count). The number of nitrogens with one attached hydrogen (secondary N) is 1. The number of rotatable bonds is 13. The Kier molecular flexibility index (Phi) is 10.5. The van der Waals surface area contributed by atoms with Crippen molar-refractivity contribution in [1.82, 2.24) is 5.32 Å². The standard InChI is InChI=1S/C29H31NO7S/c1-5-35-27(31)13-12-25(23-9-7-6-8-19(23)2)37-26-16-22(36-17-21-14-15-38-18-21)10-11-24(26)28(32)30-20(3)29(33)34-4/h6-11,14-16,18,25H,3,5,12-13,17H2,1-2,4H3,(H,30,32). The lowest BCUT2D eigenvalue weighted by Gasteiger charge is -2.23. The number of carbonyl (C=O) groups excluding carboxylic acids is 3. The van der Waals surface area contributed by atoms with Gasteiger partial charge in [0.05, 0.1) is 19.3 Å². The molecule has 1 unspecified atom stereocenters. The summed E-state index contributed by atoms with van der Waals surface area (Å²) in [4.78, 5) is 37.0. The molecule has 8 nitrogen and oxygen atoms in total. The number of methoxy groups -OCH3 is 1. The maximum Gasteiger partial charge on any atom is 0.353 e. The van der Waals surface area contributed by atoms with Crippen molar-refractivity contribution in [3.8, 4) is 11.5 Å². The van der Waals surface area contributed by atoms with Gasteiger partial charge in [-0.1, -0.05) is 30.8 Å². The van der Waals surface area contributed by atoms with Crippen molar-refractivity contribution >= 4 is 29.2 Å². The van der Waals surface area contributed by atoms with Gasteiger partial charge in [0.15, 0.2) is 0 Å². The number of hydrogen-bond donors (Lipinski definition) is 1. The molecule has 1 heterocycles. The highest BCUT2D eigenvalue weighted by Gasteiger charge is 2.23. The number of carbonyl (C=O) groups is 3. The van der Waals surface area contributed by atoms with Crippen molar-refractivity contribution in [3.05, 3.63) is 93.8 Å². The zero-order chi connectivity index (χ0) is 27.5. The van der Waals surface area contributed by atoms with Gasteiger partial charge in [0.2, 0.25) is 0 Å². The second kappa shape index (κ2) is 14.0. The molecule has 1 aromatic heterocycles. The Morgan fingerprint density at radius 3 is 2.58 bits per heavy atom. The molecule has 0 aliphatic rings. The Balaban J connectivity index is 1.94. The molecule has 0 saturated carbocycles. The van der Waals surface area contributed by atoms with Crippen molar-refractivity contribution in [2.75, 3.05) is 13.7 Å². The van der Waals surface area contributed by atoms with E-state index in [1.165, 1.54) is 7.11 Å². The van der Waals surface area contributed by atoms with Gasteiger partial charge in [-0.2, -0.15) is 11.3 Å². The lowest BCUT2D eigenvalue weighted by Crippen LogP contribution is -2.28. The summed E-state index contributed by atoms with van der Waals surface area (Å²) in [5, 5.41) is 6.40. The normalized spacial score (nSPS) is 11.2. The topological polar surface area (TPSA) is 100 Å². The monoisotopic (exact) mass is 537 g/mol. The van der Waals surface area contributed by atoms with Gasteiger partial charge in [-0.05, 0) is 65.9 Å². The summed E-state index contributed by atoms with van der Waals surface area (Å²) >= 11 is 1.57. The van der Waals surface area contributed by atoms with Crippen LogP contribution < -0.4 is 14.8 Å². The van der Waals surface area contributed by atoms with E-state index >= 15 is 0 Å². The first-order valence-electron chi connectivity index (χ1n) is 12.1. The fourth-order valence-corrected chi connectivity index (χ4v) is 4.31. The van der Waals surface area contributed by atoms with Gasteiger partial charge in [-0.25, -0.2) is 4.79 Å². The van der Waals surface area contributed by atoms with E-state index < -0.39 is 18.0 Å². The number of thiophene rings is 1. The van der Waals surface area contributed by atoms with Crippen LogP contribution in [0, 0.1) is 6.92 Å². The molecule has 0 spiro atoms. The summed E-state index contributed by atoms with van der Waals surface area (Å²) in [7, 11) is 1.20. The molecule has 0 saturated heterocycles. The maximum atomic E-state index is 13.1. The first kappa shape index (κ1) is 28.5. The quantitative estimate of drug-likeness (QED) is 0.226. The fraction of sp³-hybridized carbons (Fsp3) is 0.276. The average Bonchev–Trinajstić information content (AvgIpc) is 3.43. The van der Waals surface area contributed by atoms with Crippen LogP contribution in [0.3, 0.4) is 0 Å². The minimum Gasteiger partial charge on any atom is -0.489 e. The van der Waals surface area contributed by atoms with Gasteiger partial charge < -0.3 is 24.3 Å². The number of benzene rings is 2. The zero-order valence-corrected chi connectivity index (χ0v) is 22.5. The molecule has 0 radical (unpaired) electrons. The SMILES string of the molecule is C=C(NC(=O)c1ccc(OCc2ccsc2)cc1OC(CCC(=O)OCC)c1ccccc1C)C(=O)OC. The first-order chi connectivity index (χ1) is 18.3. The summed E-state index contributed by atoms with van der Waals surface area (Å²) in [5.74, 6) is -0.990. The van der Waals surface area contributed by atoms with Crippen molar-refractivity contribution in [1.29, 1.82) is 0 Å².